The van der Waals surface area contributed by atoms with Gasteiger partial charge in [-0.3, -0.25) is 5.41 Å². The van der Waals surface area contributed by atoms with Crippen LogP contribution < -0.4 is 10.4 Å². The van der Waals surface area contributed by atoms with E-state index < -0.39 is 0 Å². The average Bonchev–Trinajstić information content (AvgIpc) is 2.24. The van der Waals surface area contributed by atoms with E-state index in [0.29, 0.717) is 5.49 Å². The summed E-state index contributed by atoms with van der Waals surface area (Å²) < 4.78 is 1.94. The second kappa shape index (κ2) is 4.06. The third kappa shape index (κ3) is 2.04. The molecule has 1 aliphatic rings. The van der Waals surface area contributed by atoms with Gasteiger partial charge in [-0.15, -0.1) is 0 Å². The minimum atomic E-state index is 0.562. The summed E-state index contributed by atoms with van der Waals surface area (Å²) in [5, 5.41) is 7.74. The lowest BCUT2D eigenvalue weighted by molar-refractivity contribution is 0.311. The number of likely N-dealkylation sites (N-methyl/N-ethyl adjacent to an activating group) is 1. The van der Waals surface area contributed by atoms with Crippen LogP contribution in [0.15, 0.2) is 18.2 Å². The molecular weight excluding hydrogens is 188 g/mol. The van der Waals surface area contributed by atoms with Gasteiger partial charge in [-0.25, -0.2) is 0 Å². The summed E-state index contributed by atoms with van der Waals surface area (Å²) in [6.07, 6.45) is 0. The minimum absolute atomic E-state index is 0.562. The molecule has 1 aromatic heterocycles. The van der Waals surface area contributed by atoms with Crippen molar-refractivity contribution in [2.75, 3.05) is 38.1 Å². The van der Waals surface area contributed by atoms with E-state index in [9.17, 15) is 0 Å². The first-order valence-electron chi connectivity index (χ1n) is 5.32. The Morgan fingerprint density at radius 2 is 1.73 bits per heavy atom. The molecule has 1 saturated heterocycles. The summed E-state index contributed by atoms with van der Waals surface area (Å²) in [6, 6.07) is 5.86. The van der Waals surface area contributed by atoms with Gasteiger partial charge in [0, 0.05) is 33.2 Å². The van der Waals surface area contributed by atoms with Gasteiger partial charge >= 0.3 is 0 Å². The van der Waals surface area contributed by atoms with Crippen LogP contribution in [0.5, 0.6) is 0 Å². The molecule has 15 heavy (non-hydrogen) atoms. The molecule has 2 rings (SSSR count). The first kappa shape index (κ1) is 10.2. The fourth-order valence-electron chi connectivity index (χ4n) is 1.93. The van der Waals surface area contributed by atoms with Gasteiger partial charge in [0.2, 0.25) is 0 Å². The number of rotatable bonds is 1. The molecule has 1 N–H and O–H groups in total. The van der Waals surface area contributed by atoms with E-state index in [2.05, 4.69) is 22.9 Å². The van der Waals surface area contributed by atoms with Gasteiger partial charge in [0.15, 0.2) is 0 Å². The van der Waals surface area contributed by atoms with Gasteiger partial charge in [-0.05, 0) is 19.2 Å². The van der Waals surface area contributed by atoms with Crippen molar-refractivity contribution in [3.05, 3.63) is 23.7 Å². The van der Waals surface area contributed by atoms with E-state index in [1.165, 1.54) is 0 Å². The van der Waals surface area contributed by atoms with Crippen LogP contribution in [0.25, 0.3) is 0 Å². The van der Waals surface area contributed by atoms with Gasteiger partial charge < -0.3 is 14.4 Å². The average molecular weight is 206 g/mol. The summed E-state index contributed by atoms with van der Waals surface area (Å²) in [6.45, 7) is 4.30. The zero-order valence-electron chi connectivity index (χ0n) is 9.40. The molecule has 2 heterocycles. The van der Waals surface area contributed by atoms with Crippen LogP contribution in [0.4, 0.5) is 5.82 Å². The van der Waals surface area contributed by atoms with Gasteiger partial charge in [0.1, 0.15) is 11.3 Å². The van der Waals surface area contributed by atoms with E-state index >= 15 is 0 Å². The van der Waals surface area contributed by atoms with Gasteiger partial charge in [0.05, 0.1) is 0 Å². The van der Waals surface area contributed by atoms with Crippen LogP contribution >= 0.6 is 0 Å². The molecule has 0 spiro atoms. The Balaban J connectivity index is 2.23. The maximum atomic E-state index is 7.74. The fraction of sp³-hybridized carbons (Fsp3) is 0.545. The van der Waals surface area contributed by atoms with E-state index in [0.717, 1.165) is 32.0 Å². The highest BCUT2D eigenvalue weighted by Crippen LogP contribution is 2.12. The van der Waals surface area contributed by atoms with E-state index in [4.69, 9.17) is 5.41 Å². The fourth-order valence-corrected chi connectivity index (χ4v) is 1.93. The predicted octanol–water partition coefficient (Wildman–Crippen LogP) is 0.256. The molecule has 0 saturated carbocycles. The minimum Gasteiger partial charge on any atom is -0.355 e. The Morgan fingerprint density at radius 1 is 1.07 bits per heavy atom. The number of aromatic nitrogens is 1. The van der Waals surface area contributed by atoms with E-state index in [1.54, 1.807) is 0 Å². The summed E-state index contributed by atoms with van der Waals surface area (Å²) in [5.41, 5.74) is 0.562. The highest BCUT2D eigenvalue weighted by atomic mass is 15.3. The molecule has 4 nitrogen and oxygen atoms in total. The van der Waals surface area contributed by atoms with Crippen LogP contribution in [-0.4, -0.2) is 42.7 Å². The maximum absolute atomic E-state index is 7.74. The molecular formula is C11H18N4. The Hall–Kier alpha value is -1.29. The number of hydrogen-bond donors (Lipinski definition) is 1. The summed E-state index contributed by atoms with van der Waals surface area (Å²) in [5.74, 6) is 1.15. The van der Waals surface area contributed by atoms with E-state index in [-0.39, 0.29) is 0 Å². The van der Waals surface area contributed by atoms with Crippen molar-refractivity contribution in [3.63, 3.8) is 0 Å². The van der Waals surface area contributed by atoms with Crippen molar-refractivity contribution in [2.45, 2.75) is 0 Å². The molecule has 0 amide bonds. The van der Waals surface area contributed by atoms with Crippen LogP contribution in [-0.2, 0) is 7.05 Å². The monoisotopic (exact) mass is 206 g/mol. The summed E-state index contributed by atoms with van der Waals surface area (Å²) in [7, 11) is 4.11. The molecule has 1 fully saturated rings. The molecule has 0 atom stereocenters. The molecule has 1 aromatic rings. The van der Waals surface area contributed by atoms with Crippen molar-refractivity contribution >= 4 is 5.82 Å². The standard InChI is InChI=1S/C11H18N4/c1-13-6-8-15(9-7-13)11-5-3-4-10(12)14(11)2/h3-5,12H,6-9H2,1-2H3. The van der Waals surface area contributed by atoms with Crippen molar-refractivity contribution in [2.24, 2.45) is 7.05 Å². The predicted molar refractivity (Wildman–Crippen MR) is 61.0 cm³/mol. The Morgan fingerprint density at radius 3 is 2.40 bits per heavy atom. The molecule has 4 heteroatoms. The Labute approximate surface area is 90.2 Å². The number of pyridine rings is 1. The number of hydrogen-bond acceptors (Lipinski definition) is 3. The van der Waals surface area contributed by atoms with Gasteiger partial charge in [-0.1, -0.05) is 6.07 Å². The molecule has 0 aliphatic carbocycles. The molecule has 0 unspecified atom stereocenters. The number of piperazine rings is 1. The lowest BCUT2D eigenvalue weighted by Crippen LogP contribution is -2.46. The lowest BCUT2D eigenvalue weighted by atomic mass is 10.3. The summed E-state index contributed by atoms with van der Waals surface area (Å²) >= 11 is 0. The Kier molecular flexibility index (Phi) is 2.77. The van der Waals surface area contributed by atoms with E-state index in [1.807, 2.05) is 23.7 Å². The third-order valence-electron chi connectivity index (χ3n) is 3.03. The summed E-state index contributed by atoms with van der Waals surface area (Å²) in [4.78, 5) is 4.68. The largest absolute Gasteiger partial charge is 0.355 e. The van der Waals surface area contributed by atoms with Crippen LogP contribution in [0.3, 0.4) is 0 Å². The Bertz CT molecular complexity index is 388. The number of anilines is 1. The topological polar surface area (TPSA) is 35.3 Å². The first-order valence-corrected chi connectivity index (χ1v) is 5.32. The zero-order valence-corrected chi connectivity index (χ0v) is 9.40. The second-order valence-electron chi connectivity index (χ2n) is 4.12. The molecule has 0 aromatic carbocycles. The van der Waals surface area contributed by atoms with Crippen molar-refractivity contribution in [1.29, 1.82) is 5.41 Å². The van der Waals surface area contributed by atoms with Crippen LogP contribution in [0, 0.1) is 5.41 Å². The smallest absolute Gasteiger partial charge is 0.125 e. The van der Waals surface area contributed by atoms with Crippen molar-refractivity contribution < 1.29 is 0 Å². The zero-order chi connectivity index (χ0) is 10.8. The number of nitrogens with zero attached hydrogens (tertiary/aromatic N) is 3. The van der Waals surface area contributed by atoms with Gasteiger partial charge in [0.25, 0.3) is 0 Å². The molecule has 0 radical (unpaired) electrons. The molecule has 82 valence electrons. The molecule has 1 aliphatic heterocycles. The highest BCUT2D eigenvalue weighted by molar-refractivity contribution is 5.39. The maximum Gasteiger partial charge on any atom is 0.125 e. The first-order chi connectivity index (χ1) is 7.18. The highest BCUT2D eigenvalue weighted by Gasteiger charge is 2.15. The number of nitrogens with one attached hydrogen (secondary N) is 1. The SMILES string of the molecule is CN1CCN(c2cccc(=N)n2C)CC1. The third-order valence-corrected chi connectivity index (χ3v) is 3.03. The normalized spacial score (nSPS) is 18.1. The van der Waals surface area contributed by atoms with Crippen LogP contribution in [0.1, 0.15) is 0 Å². The second-order valence-corrected chi connectivity index (χ2v) is 4.12. The van der Waals surface area contributed by atoms with Crippen molar-refractivity contribution in [3.8, 4) is 0 Å². The van der Waals surface area contributed by atoms with Crippen molar-refractivity contribution in [1.82, 2.24) is 9.47 Å². The van der Waals surface area contributed by atoms with Crippen LogP contribution in [0.2, 0.25) is 0 Å². The quantitative estimate of drug-likeness (QED) is 0.715. The lowest BCUT2D eigenvalue weighted by Gasteiger charge is -2.34. The van der Waals surface area contributed by atoms with Gasteiger partial charge in [-0.2, -0.15) is 0 Å². The molecule has 0 bridgehead atoms.